The first-order valence-corrected chi connectivity index (χ1v) is 6.58. The molecule has 0 heterocycles. The molecule has 1 atom stereocenters. The summed E-state index contributed by atoms with van der Waals surface area (Å²) in [4.78, 5) is 0. The second-order valence-corrected chi connectivity index (χ2v) is 4.94. The maximum absolute atomic E-state index is 9.70. The topological polar surface area (TPSA) is 20.2 Å². The van der Waals surface area contributed by atoms with E-state index in [9.17, 15) is 5.11 Å². The van der Waals surface area contributed by atoms with Crippen molar-refractivity contribution in [1.29, 1.82) is 0 Å². The zero-order valence-corrected chi connectivity index (χ0v) is 10.2. The number of aryl methyl sites for hydroxylation is 3. The molecule has 1 aromatic carbocycles. The van der Waals surface area contributed by atoms with Crippen molar-refractivity contribution in [2.24, 2.45) is 0 Å². The van der Waals surface area contributed by atoms with Crippen molar-refractivity contribution in [3.63, 3.8) is 0 Å². The Labute approximate surface area is 98.5 Å². The summed E-state index contributed by atoms with van der Waals surface area (Å²) < 4.78 is 0. The predicted molar refractivity (Wildman–Crippen MR) is 67.7 cm³/mol. The minimum Gasteiger partial charge on any atom is -0.393 e. The molecule has 1 nitrogen and oxygen atoms in total. The van der Waals surface area contributed by atoms with Crippen LogP contribution >= 0.6 is 0 Å². The summed E-state index contributed by atoms with van der Waals surface area (Å²) in [5.41, 5.74) is 4.48. The van der Waals surface area contributed by atoms with Crippen molar-refractivity contribution in [3.05, 3.63) is 34.9 Å². The molecule has 16 heavy (non-hydrogen) atoms. The molecule has 0 aromatic heterocycles. The number of aliphatic hydroxyl groups excluding tert-OH is 1. The summed E-state index contributed by atoms with van der Waals surface area (Å²) in [6.07, 6.45) is 7.65. The van der Waals surface area contributed by atoms with Crippen LogP contribution in [-0.4, -0.2) is 11.2 Å². The Kier molecular flexibility index (Phi) is 4.00. The molecule has 1 unspecified atom stereocenters. The maximum atomic E-state index is 9.70. The molecule has 0 saturated heterocycles. The van der Waals surface area contributed by atoms with E-state index in [0.29, 0.717) is 0 Å². The van der Waals surface area contributed by atoms with Crippen LogP contribution in [0.4, 0.5) is 0 Å². The molecule has 1 aromatic rings. The average molecular weight is 218 g/mol. The van der Waals surface area contributed by atoms with Gasteiger partial charge < -0.3 is 5.11 Å². The lowest BCUT2D eigenvalue weighted by Crippen LogP contribution is -2.07. The van der Waals surface area contributed by atoms with Crippen LogP contribution in [0, 0.1) is 0 Å². The van der Waals surface area contributed by atoms with Gasteiger partial charge in [-0.3, -0.25) is 0 Å². The molecule has 0 amide bonds. The number of hydrogen-bond donors (Lipinski definition) is 1. The van der Waals surface area contributed by atoms with Gasteiger partial charge in [0.2, 0.25) is 0 Å². The van der Waals surface area contributed by atoms with Crippen LogP contribution in [0.15, 0.2) is 18.2 Å². The number of aliphatic hydroxyl groups is 1. The fraction of sp³-hybridized carbons (Fsp3) is 0.600. The van der Waals surface area contributed by atoms with Crippen LogP contribution in [0.25, 0.3) is 0 Å². The van der Waals surface area contributed by atoms with E-state index in [4.69, 9.17) is 0 Å². The summed E-state index contributed by atoms with van der Waals surface area (Å²) >= 11 is 0. The molecular formula is C15H22O. The Hall–Kier alpha value is -0.820. The molecule has 2 rings (SSSR count). The van der Waals surface area contributed by atoms with Crippen molar-refractivity contribution >= 4 is 0 Å². The molecule has 0 saturated carbocycles. The van der Waals surface area contributed by atoms with Gasteiger partial charge in [0.25, 0.3) is 0 Å². The summed E-state index contributed by atoms with van der Waals surface area (Å²) in [6.45, 7) is 2.12. The zero-order chi connectivity index (χ0) is 11.4. The summed E-state index contributed by atoms with van der Waals surface area (Å²) in [6, 6.07) is 6.87. The third-order valence-electron chi connectivity index (χ3n) is 3.55. The fourth-order valence-corrected chi connectivity index (χ4v) is 2.59. The van der Waals surface area contributed by atoms with Crippen molar-refractivity contribution in [1.82, 2.24) is 0 Å². The average Bonchev–Trinajstić information content (AvgIpc) is 2.74. The van der Waals surface area contributed by atoms with Crippen molar-refractivity contribution in [2.45, 2.75) is 58.0 Å². The standard InChI is InChI=1S/C15H22O/c1-2-4-15(16)10-8-12-7-9-13-5-3-6-14(13)11-12/h7,9,11,15-16H,2-6,8,10H2,1H3. The third kappa shape index (κ3) is 2.85. The van der Waals surface area contributed by atoms with E-state index < -0.39 is 0 Å². The molecule has 1 N–H and O–H groups in total. The quantitative estimate of drug-likeness (QED) is 0.804. The number of hydrogen-bond acceptors (Lipinski definition) is 1. The van der Waals surface area contributed by atoms with E-state index in [1.165, 1.54) is 30.4 Å². The smallest absolute Gasteiger partial charge is 0.0543 e. The van der Waals surface area contributed by atoms with Gasteiger partial charge in [0.15, 0.2) is 0 Å². The highest BCUT2D eigenvalue weighted by atomic mass is 16.3. The summed E-state index contributed by atoms with van der Waals surface area (Å²) in [5, 5.41) is 9.70. The number of fused-ring (bicyclic) bond motifs is 1. The number of rotatable bonds is 5. The molecule has 1 aliphatic rings. The summed E-state index contributed by atoms with van der Waals surface area (Å²) in [5.74, 6) is 0. The largest absolute Gasteiger partial charge is 0.393 e. The van der Waals surface area contributed by atoms with Crippen LogP contribution in [0.1, 0.15) is 49.3 Å². The molecule has 0 fully saturated rings. The van der Waals surface area contributed by atoms with Crippen molar-refractivity contribution in [3.8, 4) is 0 Å². The van der Waals surface area contributed by atoms with Crippen LogP contribution in [0.5, 0.6) is 0 Å². The van der Waals surface area contributed by atoms with Crippen LogP contribution in [0.3, 0.4) is 0 Å². The highest BCUT2D eigenvalue weighted by molar-refractivity contribution is 5.35. The second-order valence-electron chi connectivity index (χ2n) is 4.94. The Morgan fingerprint density at radius 1 is 1.19 bits per heavy atom. The van der Waals surface area contributed by atoms with E-state index >= 15 is 0 Å². The number of benzene rings is 1. The Balaban J connectivity index is 1.90. The van der Waals surface area contributed by atoms with Gasteiger partial charge >= 0.3 is 0 Å². The van der Waals surface area contributed by atoms with Gasteiger partial charge in [-0.1, -0.05) is 31.5 Å². The highest BCUT2D eigenvalue weighted by Gasteiger charge is 2.11. The molecular weight excluding hydrogens is 196 g/mol. The zero-order valence-electron chi connectivity index (χ0n) is 10.2. The minimum atomic E-state index is -0.113. The Morgan fingerprint density at radius 2 is 2.00 bits per heavy atom. The van der Waals surface area contributed by atoms with Gasteiger partial charge in [0, 0.05) is 0 Å². The first kappa shape index (κ1) is 11.7. The first-order chi connectivity index (χ1) is 7.79. The molecule has 0 aliphatic heterocycles. The molecule has 0 bridgehead atoms. The molecule has 1 heteroatoms. The van der Waals surface area contributed by atoms with Crippen molar-refractivity contribution in [2.75, 3.05) is 0 Å². The van der Waals surface area contributed by atoms with Gasteiger partial charge in [-0.05, 0) is 55.2 Å². The van der Waals surface area contributed by atoms with Gasteiger partial charge in [0.05, 0.1) is 6.10 Å². The van der Waals surface area contributed by atoms with Crippen LogP contribution in [-0.2, 0) is 19.3 Å². The Morgan fingerprint density at radius 3 is 2.81 bits per heavy atom. The highest BCUT2D eigenvalue weighted by Crippen LogP contribution is 2.23. The first-order valence-electron chi connectivity index (χ1n) is 6.58. The lowest BCUT2D eigenvalue weighted by Gasteiger charge is -2.09. The SMILES string of the molecule is CCCC(O)CCc1ccc2c(c1)CCC2. The Bertz CT molecular complexity index is 343. The normalized spacial score (nSPS) is 16.1. The third-order valence-corrected chi connectivity index (χ3v) is 3.55. The van der Waals surface area contributed by atoms with Crippen LogP contribution < -0.4 is 0 Å². The minimum absolute atomic E-state index is 0.113. The fourth-order valence-electron chi connectivity index (χ4n) is 2.59. The summed E-state index contributed by atoms with van der Waals surface area (Å²) in [7, 11) is 0. The maximum Gasteiger partial charge on any atom is 0.0543 e. The lowest BCUT2D eigenvalue weighted by atomic mass is 10.0. The lowest BCUT2D eigenvalue weighted by molar-refractivity contribution is 0.154. The van der Waals surface area contributed by atoms with Gasteiger partial charge in [-0.25, -0.2) is 0 Å². The van der Waals surface area contributed by atoms with E-state index in [1.807, 2.05) is 0 Å². The monoisotopic (exact) mass is 218 g/mol. The van der Waals surface area contributed by atoms with Crippen LogP contribution in [0.2, 0.25) is 0 Å². The molecule has 1 aliphatic carbocycles. The van der Waals surface area contributed by atoms with Gasteiger partial charge in [-0.15, -0.1) is 0 Å². The van der Waals surface area contributed by atoms with Gasteiger partial charge in [-0.2, -0.15) is 0 Å². The van der Waals surface area contributed by atoms with Crippen molar-refractivity contribution < 1.29 is 5.11 Å². The second kappa shape index (κ2) is 5.49. The predicted octanol–water partition coefficient (Wildman–Crippen LogP) is 3.27. The molecule has 0 spiro atoms. The van der Waals surface area contributed by atoms with Gasteiger partial charge in [0.1, 0.15) is 0 Å². The van der Waals surface area contributed by atoms with E-state index in [2.05, 4.69) is 25.1 Å². The molecule has 0 radical (unpaired) electrons. The van der Waals surface area contributed by atoms with E-state index in [0.717, 1.165) is 25.7 Å². The van der Waals surface area contributed by atoms with E-state index in [-0.39, 0.29) is 6.10 Å². The van der Waals surface area contributed by atoms with E-state index in [1.54, 1.807) is 5.56 Å². The molecule has 88 valence electrons.